The summed E-state index contributed by atoms with van der Waals surface area (Å²) in [6.45, 7) is 0. The molecule has 0 bridgehead atoms. The van der Waals surface area contributed by atoms with E-state index in [9.17, 15) is 0 Å². The van der Waals surface area contributed by atoms with Gasteiger partial charge in [-0.25, -0.2) is 4.98 Å². The van der Waals surface area contributed by atoms with Crippen molar-refractivity contribution in [3.05, 3.63) is 152 Å². The molecule has 0 saturated heterocycles. The van der Waals surface area contributed by atoms with Crippen molar-refractivity contribution in [3.8, 4) is 51.3 Å². The van der Waals surface area contributed by atoms with Crippen LogP contribution in [-0.4, -0.2) is 19.5 Å². The van der Waals surface area contributed by atoms with Gasteiger partial charge in [0, 0.05) is 29.3 Å². The molecule has 1 aliphatic heterocycles. The van der Waals surface area contributed by atoms with Crippen LogP contribution in [0.25, 0.3) is 39.9 Å². The topological polar surface area (TPSA) is 56.1 Å². The van der Waals surface area contributed by atoms with Gasteiger partial charge in [-0.15, -0.1) is 0 Å². The Kier molecular flexibility index (Phi) is 6.01. The summed E-state index contributed by atoms with van der Waals surface area (Å²) < 4.78 is 8.40. The van der Waals surface area contributed by atoms with Crippen molar-refractivity contribution in [2.75, 3.05) is 4.90 Å². The molecule has 0 aliphatic carbocycles. The molecule has 0 radical (unpaired) electrons. The fraction of sp³-hybridized carbons (Fsp3) is 0. The number of fused-ring (bicyclic) bond motifs is 2. The van der Waals surface area contributed by atoms with E-state index in [0.717, 1.165) is 68.4 Å². The van der Waals surface area contributed by atoms with Gasteiger partial charge >= 0.3 is 0 Å². The molecule has 0 atom stereocenters. The van der Waals surface area contributed by atoms with Crippen molar-refractivity contribution in [2.45, 2.75) is 0 Å². The average molecular weight is 556 g/mol. The summed E-state index contributed by atoms with van der Waals surface area (Å²) in [5.74, 6) is 2.46. The molecule has 43 heavy (non-hydrogen) atoms. The second kappa shape index (κ2) is 10.4. The molecule has 0 amide bonds. The number of nitrogens with zero attached hydrogens (tertiary/aromatic N) is 5. The van der Waals surface area contributed by atoms with Gasteiger partial charge in [0.25, 0.3) is 0 Å². The normalized spacial score (nSPS) is 11.9. The fourth-order valence-corrected chi connectivity index (χ4v) is 5.61. The molecule has 0 N–H and O–H groups in total. The third-order valence-corrected chi connectivity index (χ3v) is 7.52. The highest BCUT2D eigenvalue weighted by Crippen LogP contribution is 2.50. The fourth-order valence-electron chi connectivity index (χ4n) is 5.61. The van der Waals surface area contributed by atoms with Gasteiger partial charge in [-0.05, 0) is 84.9 Å². The molecule has 4 heterocycles. The first kappa shape index (κ1) is 24.8. The van der Waals surface area contributed by atoms with E-state index in [1.54, 1.807) is 6.20 Å². The number of para-hydroxylation sites is 5. The quantitative estimate of drug-likeness (QED) is 0.212. The molecule has 8 rings (SSSR count). The number of hydrogen-bond acceptors (Lipinski definition) is 5. The van der Waals surface area contributed by atoms with Crippen LogP contribution >= 0.6 is 0 Å². The molecule has 0 saturated carbocycles. The highest BCUT2D eigenvalue weighted by Gasteiger charge is 2.27. The van der Waals surface area contributed by atoms with Crippen LogP contribution < -0.4 is 9.64 Å². The Bertz CT molecular complexity index is 1990. The first-order valence-corrected chi connectivity index (χ1v) is 14.1. The molecule has 0 fully saturated rings. The third kappa shape index (κ3) is 4.33. The lowest BCUT2D eigenvalue weighted by atomic mass is 10.1. The molecule has 4 aromatic carbocycles. The summed E-state index contributed by atoms with van der Waals surface area (Å²) in [5, 5.41) is 0. The molecule has 1 aliphatic rings. The van der Waals surface area contributed by atoms with Crippen molar-refractivity contribution in [1.29, 1.82) is 0 Å². The second-order valence-corrected chi connectivity index (χ2v) is 10.2. The highest BCUT2D eigenvalue weighted by molar-refractivity contribution is 5.87. The van der Waals surface area contributed by atoms with Gasteiger partial charge in [-0.3, -0.25) is 14.5 Å². The monoisotopic (exact) mass is 555 g/mol. The number of pyridine rings is 2. The predicted molar refractivity (Wildman–Crippen MR) is 170 cm³/mol. The number of anilines is 3. The summed E-state index contributed by atoms with van der Waals surface area (Å²) in [4.78, 5) is 16.9. The summed E-state index contributed by atoms with van der Waals surface area (Å²) in [6.07, 6.45) is 3.61. The Morgan fingerprint density at radius 1 is 0.488 bits per heavy atom. The lowest BCUT2D eigenvalue weighted by Gasteiger charge is -2.32. The molecule has 3 aromatic heterocycles. The molecular weight excluding hydrogens is 530 g/mol. The maximum atomic E-state index is 6.22. The van der Waals surface area contributed by atoms with Crippen LogP contribution in [0.2, 0.25) is 0 Å². The summed E-state index contributed by atoms with van der Waals surface area (Å²) in [6, 6.07) is 46.9. The Morgan fingerprint density at radius 3 is 1.70 bits per heavy atom. The first-order valence-electron chi connectivity index (χ1n) is 14.1. The Balaban J connectivity index is 1.32. The standard InChI is InChI=1S/C37H25N5O/c1-2-12-27(13-3-1)42-36(30-15-9-11-25-39-30)35(29-14-8-10-24-38-29)40-37(42)26-20-22-28(23-21-26)41-31-16-4-6-18-33(31)43-34-19-7-5-17-32(34)41/h1-25H. The summed E-state index contributed by atoms with van der Waals surface area (Å²) >= 11 is 0. The highest BCUT2D eigenvalue weighted by atomic mass is 16.5. The third-order valence-electron chi connectivity index (χ3n) is 7.52. The van der Waals surface area contributed by atoms with E-state index < -0.39 is 0 Å². The van der Waals surface area contributed by atoms with Crippen LogP contribution in [0.4, 0.5) is 17.1 Å². The average Bonchev–Trinajstić information content (AvgIpc) is 3.49. The largest absolute Gasteiger partial charge is 0.453 e. The molecule has 0 spiro atoms. The number of benzene rings is 4. The Hall–Kier alpha value is -6.01. The van der Waals surface area contributed by atoms with Crippen LogP contribution in [0.3, 0.4) is 0 Å². The lowest BCUT2D eigenvalue weighted by molar-refractivity contribution is 0.477. The smallest absolute Gasteiger partial charge is 0.151 e. The maximum Gasteiger partial charge on any atom is 0.151 e. The van der Waals surface area contributed by atoms with Crippen LogP contribution in [0.15, 0.2) is 152 Å². The number of hydrogen-bond donors (Lipinski definition) is 0. The molecule has 0 unspecified atom stereocenters. The van der Waals surface area contributed by atoms with Gasteiger partial charge < -0.3 is 9.64 Å². The Morgan fingerprint density at radius 2 is 1.07 bits per heavy atom. The first-order chi connectivity index (χ1) is 21.3. The van der Waals surface area contributed by atoms with Crippen LogP contribution in [0, 0.1) is 0 Å². The van der Waals surface area contributed by atoms with Gasteiger partial charge in [0.1, 0.15) is 17.2 Å². The second-order valence-electron chi connectivity index (χ2n) is 10.2. The van der Waals surface area contributed by atoms with E-state index in [4.69, 9.17) is 14.7 Å². The van der Waals surface area contributed by atoms with E-state index in [-0.39, 0.29) is 0 Å². The predicted octanol–water partition coefficient (Wildman–Crippen LogP) is 9.24. The van der Waals surface area contributed by atoms with E-state index in [0.29, 0.717) is 0 Å². The van der Waals surface area contributed by atoms with E-state index in [1.165, 1.54) is 0 Å². The van der Waals surface area contributed by atoms with Crippen molar-refractivity contribution in [1.82, 2.24) is 19.5 Å². The number of rotatable bonds is 5. The van der Waals surface area contributed by atoms with Crippen molar-refractivity contribution in [3.63, 3.8) is 0 Å². The zero-order chi connectivity index (χ0) is 28.6. The molecule has 6 heteroatoms. The van der Waals surface area contributed by atoms with Gasteiger partial charge in [-0.2, -0.15) is 0 Å². The number of imidazole rings is 1. The Labute approximate surface area is 249 Å². The van der Waals surface area contributed by atoms with Gasteiger partial charge in [0.2, 0.25) is 0 Å². The zero-order valence-electron chi connectivity index (χ0n) is 23.1. The molecule has 204 valence electrons. The van der Waals surface area contributed by atoms with E-state index in [1.807, 2.05) is 97.2 Å². The van der Waals surface area contributed by atoms with Crippen molar-refractivity contribution in [2.24, 2.45) is 0 Å². The minimum atomic E-state index is 0.776. The zero-order valence-corrected chi connectivity index (χ0v) is 23.1. The minimum Gasteiger partial charge on any atom is -0.453 e. The van der Waals surface area contributed by atoms with E-state index in [2.05, 4.69) is 63.0 Å². The summed E-state index contributed by atoms with van der Waals surface area (Å²) in [5.41, 5.74) is 8.26. The van der Waals surface area contributed by atoms with Crippen LogP contribution in [0.1, 0.15) is 0 Å². The SMILES string of the molecule is c1ccc(-n2c(-c3ccc(N4c5ccccc5Oc5ccccc54)cc3)nc(-c3ccccn3)c2-c2ccccn2)cc1. The molecule has 6 nitrogen and oxygen atoms in total. The van der Waals surface area contributed by atoms with Gasteiger partial charge in [0.05, 0.1) is 22.8 Å². The van der Waals surface area contributed by atoms with Crippen LogP contribution in [-0.2, 0) is 0 Å². The minimum absolute atomic E-state index is 0.776. The maximum absolute atomic E-state index is 6.22. The van der Waals surface area contributed by atoms with Gasteiger partial charge in [-0.1, -0.05) is 54.6 Å². The summed E-state index contributed by atoms with van der Waals surface area (Å²) in [7, 11) is 0. The number of ether oxygens (including phenoxy) is 1. The lowest BCUT2D eigenvalue weighted by Crippen LogP contribution is -2.15. The van der Waals surface area contributed by atoms with Crippen LogP contribution in [0.5, 0.6) is 11.5 Å². The van der Waals surface area contributed by atoms with Crippen molar-refractivity contribution < 1.29 is 4.74 Å². The van der Waals surface area contributed by atoms with Gasteiger partial charge in [0.15, 0.2) is 11.5 Å². The van der Waals surface area contributed by atoms with Crippen molar-refractivity contribution >= 4 is 17.1 Å². The molecular formula is C37H25N5O. The molecule has 7 aromatic rings. The van der Waals surface area contributed by atoms with E-state index >= 15 is 0 Å². The number of aromatic nitrogens is 4.